The van der Waals surface area contributed by atoms with Crippen molar-refractivity contribution in [2.75, 3.05) is 39.3 Å². The molecule has 32 heavy (non-hydrogen) atoms. The third kappa shape index (κ3) is 3.81. The van der Waals surface area contributed by atoms with E-state index in [1.165, 1.54) is 5.70 Å². The zero-order valence-corrected chi connectivity index (χ0v) is 19.0. The van der Waals surface area contributed by atoms with E-state index in [2.05, 4.69) is 9.80 Å². The molecule has 7 nitrogen and oxygen atoms in total. The second kappa shape index (κ2) is 8.37. The number of ether oxygens (including phenoxy) is 2. The predicted molar refractivity (Wildman–Crippen MR) is 118 cm³/mol. The number of allylic oxidation sites excluding steroid dienone is 2. The van der Waals surface area contributed by atoms with E-state index in [4.69, 9.17) is 9.47 Å². The van der Waals surface area contributed by atoms with E-state index in [-0.39, 0.29) is 17.2 Å². The second-order valence-electron chi connectivity index (χ2n) is 9.62. The van der Waals surface area contributed by atoms with Gasteiger partial charge in [0.15, 0.2) is 17.9 Å². The van der Waals surface area contributed by atoms with Gasteiger partial charge in [-0.05, 0) is 44.2 Å². The number of nitrogens with zero attached hydrogens (tertiary/aromatic N) is 2. The van der Waals surface area contributed by atoms with Crippen LogP contribution in [0.3, 0.4) is 0 Å². The highest BCUT2D eigenvalue weighted by atomic mass is 16.6. The summed E-state index contributed by atoms with van der Waals surface area (Å²) in [5, 5.41) is 9.88. The summed E-state index contributed by atoms with van der Waals surface area (Å²) in [6, 6.07) is 3.63. The summed E-state index contributed by atoms with van der Waals surface area (Å²) < 4.78 is 11.6. The van der Waals surface area contributed by atoms with Gasteiger partial charge in [0.25, 0.3) is 0 Å². The van der Waals surface area contributed by atoms with Crippen LogP contribution in [-0.4, -0.2) is 71.4 Å². The summed E-state index contributed by atoms with van der Waals surface area (Å²) >= 11 is 0. The normalized spacial score (nSPS) is 25.7. The highest BCUT2D eigenvalue weighted by Crippen LogP contribution is 2.36. The molecular weight excluding hydrogens is 408 g/mol. The maximum absolute atomic E-state index is 13.1. The Bertz CT molecular complexity index is 977. The number of morpholine rings is 1. The molecule has 172 valence electrons. The number of aliphatic hydroxyl groups is 1. The highest BCUT2D eigenvalue weighted by Gasteiger charge is 2.41. The molecule has 2 fully saturated rings. The van der Waals surface area contributed by atoms with Crippen molar-refractivity contribution in [1.82, 2.24) is 9.80 Å². The summed E-state index contributed by atoms with van der Waals surface area (Å²) in [6.07, 6.45) is 2.38. The molecule has 7 heteroatoms. The number of hydrogen-bond donors (Lipinski definition) is 1. The van der Waals surface area contributed by atoms with Gasteiger partial charge in [-0.2, -0.15) is 0 Å². The Morgan fingerprint density at radius 1 is 1.19 bits per heavy atom. The van der Waals surface area contributed by atoms with Gasteiger partial charge in [0.05, 0.1) is 25.4 Å². The van der Waals surface area contributed by atoms with Crippen molar-refractivity contribution >= 4 is 11.6 Å². The highest BCUT2D eigenvalue weighted by molar-refractivity contribution is 5.99. The van der Waals surface area contributed by atoms with E-state index < -0.39 is 6.29 Å². The molecule has 3 aliphatic heterocycles. The van der Waals surface area contributed by atoms with Gasteiger partial charge in [0.1, 0.15) is 0 Å². The van der Waals surface area contributed by atoms with Crippen LogP contribution in [0.1, 0.15) is 65.9 Å². The van der Waals surface area contributed by atoms with Crippen LogP contribution < -0.4 is 0 Å². The summed E-state index contributed by atoms with van der Waals surface area (Å²) in [5.74, 6) is 0.385. The number of rotatable bonds is 4. The SMILES string of the molecule is CC1=C(N2CCOC3(CCN(CC(=O)c4ccc5c(c4C)COC5O)CC3)C2)CCC1=O. The number of Topliss-reactive ketones (excluding diaryl/α,β-unsaturated/α-hetero) is 2. The molecule has 0 saturated carbocycles. The zero-order valence-electron chi connectivity index (χ0n) is 19.0. The molecule has 1 aliphatic carbocycles. The first-order valence-corrected chi connectivity index (χ1v) is 11.7. The Hall–Kier alpha value is -2.06. The third-order valence-electron chi connectivity index (χ3n) is 7.79. The van der Waals surface area contributed by atoms with Gasteiger partial charge in [0.2, 0.25) is 0 Å². The van der Waals surface area contributed by atoms with Crippen LogP contribution in [0.2, 0.25) is 0 Å². The maximum atomic E-state index is 13.1. The number of carbonyl (C=O) groups is 2. The summed E-state index contributed by atoms with van der Waals surface area (Å²) in [6.45, 7) is 8.65. The standard InChI is InChI=1S/C25H32N2O5/c1-16-18(3-4-19-20(16)14-31-24(19)30)23(29)13-26-9-7-25(8-10-26)15-27(11-12-32-25)21-5-6-22(28)17(21)2/h3-4,24,30H,5-15H2,1-2H3. The predicted octanol–water partition coefficient (Wildman–Crippen LogP) is 2.50. The van der Waals surface area contributed by atoms with Crippen molar-refractivity contribution in [3.05, 3.63) is 45.7 Å². The molecule has 2 saturated heterocycles. The average Bonchev–Trinajstić information content (AvgIpc) is 3.33. The van der Waals surface area contributed by atoms with Gasteiger partial charge in [0, 0.05) is 55.0 Å². The van der Waals surface area contributed by atoms with Crippen molar-refractivity contribution in [3.63, 3.8) is 0 Å². The Morgan fingerprint density at radius 3 is 2.69 bits per heavy atom. The van der Waals surface area contributed by atoms with Gasteiger partial charge in [-0.1, -0.05) is 12.1 Å². The van der Waals surface area contributed by atoms with Crippen molar-refractivity contribution in [3.8, 4) is 0 Å². The largest absolute Gasteiger partial charge is 0.371 e. The lowest BCUT2D eigenvalue weighted by Crippen LogP contribution is -2.56. The zero-order chi connectivity index (χ0) is 22.5. The lowest BCUT2D eigenvalue weighted by Gasteiger charge is -2.48. The van der Waals surface area contributed by atoms with Crippen LogP contribution >= 0.6 is 0 Å². The van der Waals surface area contributed by atoms with E-state index in [0.29, 0.717) is 26.2 Å². The number of fused-ring (bicyclic) bond motifs is 1. The van der Waals surface area contributed by atoms with Crippen molar-refractivity contribution in [1.29, 1.82) is 0 Å². The summed E-state index contributed by atoms with van der Waals surface area (Å²) in [4.78, 5) is 29.6. The molecule has 5 rings (SSSR count). The van der Waals surface area contributed by atoms with Gasteiger partial charge >= 0.3 is 0 Å². The molecule has 1 atom stereocenters. The maximum Gasteiger partial charge on any atom is 0.181 e. The molecule has 3 heterocycles. The number of benzene rings is 1. The Balaban J connectivity index is 1.21. The Kier molecular flexibility index (Phi) is 5.70. The molecule has 1 N–H and O–H groups in total. The quantitative estimate of drug-likeness (QED) is 0.721. The lowest BCUT2D eigenvalue weighted by molar-refractivity contribution is -0.128. The minimum Gasteiger partial charge on any atom is -0.371 e. The van der Waals surface area contributed by atoms with Crippen LogP contribution in [-0.2, 0) is 20.9 Å². The Labute approximate surface area is 189 Å². The molecule has 1 aromatic carbocycles. The first-order chi connectivity index (χ1) is 15.4. The topological polar surface area (TPSA) is 79.3 Å². The Morgan fingerprint density at radius 2 is 1.97 bits per heavy atom. The van der Waals surface area contributed by atoms with Crippen molar-refractivity contribution in [2.45, 2.75) is 58.0 Å². The van der Waals surface area contributed by atoms with Gasteiger partial charge in [-0.3, -0.25) is 14.5 Å². The van der Waals surface area contributed by atoms with Crippen LogP contribution in [0.4, 0.5) is 0 Å². The van der Waals surface area contributed by atoms with Crippen LogP contribution in [0.15, 0.2) is 23.4 Å². The molecule has 1 spiro atoms. The molecule has 1 unspecified atom stereocenters. The number of carbonyl (C=O) groups excluding carboxylic acids is 2. The lowest BCUT2D eigenvalue weighted by atomic mass is 9.88. The molecule has 0 bridgehead atoms. The minimum absolute atomic E-state index is 0.110. The van der Waals surface area contributed by atoms with Gasteiger partial charge in [-0.15, -0.1) is 0 Å². The van der Waals surface area contributed by atoms with Crippen LogP contribution in [0, 0.1) is 6.92 Å². The van der Waals surface area contributed by atoms with E-state index >= 15 is 0 Å². The molecule has 4 aliphatic rings. The van der Waals surface area contributed by atoms with Crippen molar-refractivity contribution < 1.29 is 24.2 Å². The average molecular weight is 441 g/mol. The second-order valence-corrected chi connectivity index (χ2v) is 9.62. The van der Waals surface area contributed by atoms with Crippen LogP contribution in [0.25, 0.3) is 0 Å². The van der Waals surface area contributed by atoms with Crippen LogP contribution in [0.5, 0.6) is 0 Å². The summed E-state index contributed by atoms with van der Waals surface area (Å²) in [7, 11) is 0. The number of aliphatic hydroxyl groups excluding tert-OH is 1. The molecule has 0 aromatic heterocycles. The number of hydrogen-bond acceptors (Lipinski definition) is 7. The van der Waals surface area contributed by atoms with E-state index in [1.807, 2.05) is 26.0 Å². The molecule has 0 radical (unpaired) electrons. The minimum atomic E-state index is -0.886. The van der Waals surface area contributed by atoms with Gasteiger partial charge in [-0.25, -0.2) is 0 Å². The fraction of sp³-hybridized carbons (Fsp3) is 0.600. The van der Waals surface area contributed by atoms with Gasteiger partial charge < -0.3 is 19.5 Å². The smallest absolute Gasteiger partial charge is 0.181 e. The first-order valence-electron chi connectivity index (χ1n) is 11.7. The van der Waals surface area contributed by atoms with Crippen molar-refractivity contribution in [2.24, 2.45) is 0 Å². The molecule has 0 amide bonds. The fourth-order valence-electron chi connectivity index (χ4n) is 5.70. The first kappa shape index (κ1) is 21.8. The molecule has 1 aromatic rings. The molecular formula is C25H32N2O5. The summed E-state index contributed by atoms with van der Waals surface area (Å²) in [5.41, 5.74) is 5.28. The number of ketones is 2. The monoisotopic (exact) mass is 440 g/mol. The number of likely N-dealkylation sites (tertiary alicyclic amines) is 1. The van der Waals surface area contributed by atoms with E-state index in [1.54, 1.807) is 0 Å². The third-order valence-corrected chi connectivity index (χ3v) is 7.79. The number of piperidine rings is 1. The van der Waals surface area contributed by atoms with E-state index in [0.717, 1.165) is 73.3 Å². The van der Waals surface area contributed by atoms with E-state index in [9.17, 15) is 14.7 Å². The fourth-order valence-corrected chi connectivity index (χ4v) is 5.70.